The molecule has 2 bridgehead atoms. The van der Waals surface area contributed by atoms with Gasteiger partial charge in [0, 0.05) is 25.7 Å². The van der Waals surface area contributed by atoms with Crippen LogP contribution in [-0.4, -0.2) is 82.8 Å². The van der Waals surface area contributed by atoms with Crippen LogP contribution in [0.1, 0.15) is 52.4 Å². The molecular weight excluding hydrogens is 424 g/mol. The maximum absolute atomic E-state index is 13.9. The van der Waals surface area contributed by atoms with Crippen molar-refractivity contribution in [1.82, 2.24) is 9.80 Å². The number of fused-ring (bicyclic) bond motifs is 1. The number of carbonyl (C=O) groups is 3. The molecule has 0 aliphatic carbocycles. The van der Waals surface area contributed by atoms with Crippen molar-refractivity contribution in [2.45, 2.75) is 76.2 Å². The summed E-state index contributed by atoms with van der Waals surface area (Å²) in [5.41, 5.74) is -1.00. The van der Waals surface area contributed by atoms with Crippen molar-refractivity contribution in [1.29, 1.82) is 0 Å². The second kappa shape index (κ2) is 10.8. The Labute approximate surface area is 196 Å². The number of hydrogen-bond donors (Lipinski definition) is 1. The summed E-state index contributed by atoms with van der Waals surface area (Å²) < 4.78 is 11.7. The fraction of sp³-hybridized carbons (Fsp3) is 0.720. The maximum Gasteiger partial charge on any atom is 0.312 e. The van der Waals surface area contributed by atoms with Crippen molar-refractivity contribution < 1.29 is 29.0 Å². The molecule has 2 unspecified atom stereocenters. The molecule has 1 spiro atoms. The molecule has 3 saturated heterocycles. The molecule has 0 aromatic rings. The monoisotopic (exact) mass is 462 g/mol. The van der Waals surface area contributed by atoms with Crippen LogP contribution in [0.4, 0.5) is 0 Å². The third-order valence-electron chi connectivity index (χ3n) is 7.19. The van der Waals surface area contributed by atoms with Gasteiger partial charge in [-0.25, -0.2) is 0 Å². The molecule has 8 heteroatoms. The molecule has 0 aromatic carbocycles. The predicted molar refractivity (Wildman–Crippen MR) is 123 cm³/mol. The van der Waals surface area contributed by atoms with Crippen LogP contribution in [-0.2, 0) is 23.9 Å². The summed E-state index contributed by atoms with van der Waals surface area (Å²) in [7, 11) is 0. The van der Waals surface area contributed by atoms with Gasteiger partial charge >= 0.3 is 5.97 Å². The lowest BCUT2D eigenvalue weighted by atomic mass is 9.70. The van der Waals surface area contributed by atoms with E-state index in [0.29, 0.717) is 32.4 Å². The smallest absolute Gasteiger partial charge is 0.312 e. The molecule has 3 aliphatic heterocycles. The highest BCUT2D eigenvalue weighted by Gasteiger charge is 2.75. The first kappa shape index (κ1) is 25.4. The van der Waals surface area contributed by atoms with Crippen LogP contribution < -0.4 is 0 Å². The summed E-state index contributed by atoms with van der Waals surface area (Å²) in [5, 5.41) is 9.03. The average molecular weight is 463 g/mol. The van der Waals surface area contributed by atoms with Gasteiger partial charge in [-0.15, -0.1) is 6.58 Å². The number of aliphatic hydroxyl groups excluding tert-OH is 1. The van der Waals surface area contributed by atoms with Crippen molar-refractivity contribution in [3.05, 3.63) is 25.3 Å². The standard InChI is InChI=1S/C25H38N2O6/c1-5-13-26(17(3)4)23(30)21-25-12-11-18(33-25)19(24(31)32-16-6-2)20(25)22(29)27(21)14-9-7-8-10-15-28/h5-6,17-21,28H,1-2,7-16H2,3-4H3/t18-,19+,20+,21?,25?/m1/s1. The Balaban J connectivity index is 1.92. The number of aliphatic hydroxyl groups is 1. The van der Waals surface area contributed by atoms with Crippen molar-refractivity contribution in [2.24, 2.45) is 11.8 Å². The van der Waals surface area contributed by atoms with Crippen LogP contribution >= 0.6 is 0 Å². The third kappa shape index (κ3) is 4.60. The number of nitrogens with zero attached hydrogens (tertiary/aromatic N) is 2. The lowest BCUT2D eigenvalue weighted by molar-refractivity contribution is -0.154. The van der Waals surface area contributed by atoms with E-state index in [2.05, 4.69) is 13.2 Å². The zero-order chi connectivity index (χ0) is 24.2. The van der Waals surface area contributed by atoms with Crippen LogP contribution in [0.2, 0.25) is 0 Å². The number of amides is 2. The number of rotatable bonds is 13. The second-order valence-electron chi connectivity index (χ2n) is 9.52. The minimum atomic E-state index is -1.00. The van der Waals surface area contributed by atoms with Crippen molar-refractivity contribution in [2.75, 3.05) is 26.3 Å². The Hall–Kier alpha value is -2.19. The predicted octanol–water partition coefficient (Wildman–Crippen LogP) is 2.07. The van der Waals surface area contributed by atoms with E-state index in [1.54, 1.807) is 15.9 Å². The molecular formula is C25H38N2O6. The molecule has 5 atom stereocenters. The zero-order valence-corrected chi connectivity index (χ0v) is 19.9. The van der Waals surface area contributed by atoms with Crippen LogP contribution in [0.15, 0.2) is 25.3 Å². The third-order valence-corrected chi connectivity index (χ3v) is 7.19. The number of unbranched alkanes of at least 4 members (excludes halogenated alkanes) is 3. The summed E-state index contributed by atoms with van der Waals surface area (Å²) in [5.74, 6) is -2.22. The maximum atomic E-state index is 13.9. The summed E-state index contributed by atoms with van der Waals surface area (Å²) in [6.07, 6.45) is 7.09. The van der Waals surface area contributed by atoms with Crippen LogP contribution in [0.5, 0.6) is 0 Å². The SMILES string of the molecule is C=CCOC(=O)[C@@H]1[C@H]2C(=O)N(CCCCCCO)C(C(=O)N(CC=C)C(C)C)C23CC[C@H]1O3. The van der Waals surface area contributed by atoms with E-state index >= 15 is 0 Å². The number of likely N-dealkylation sites (tertiary alicyclic amines) is 1. The summed E-state index contributed by atoms with van der Waals surface area (Å²) in [6.45, 7) is 12.3. The van der Waals surface area contributed by atoms with Gasteiger partial charge in [0.05, 0.1) is 17.9 Å². The lowest BCUT2D eigenvalue weighted by Crippen LogP contribution is -2.57. The fourth-order valence-corrected chi connectivity index (χ4v) is 5.78. The Morgan fingerprint density at radius 3 is 2.64 bits per heavy atom. The van der Waals surface area contributed by atoms with Gasteiger partial charge in [0.15, 0.2) is 0 Å². The molecule has 0 radical (unpaired) electrons. The number of esters is 1. The van der Waals surface area contributed by atoms with Gasteiger partial charge in [0.25, 0.3) is 0 Å². The van der Waals surface area contributed by atoms with E-state index in [-0.39, 0.29) is 31.1 Å². The Morgan fingerprint density at radius 1 is 1.27 bits per heavy atom. The van der Waals surface area contributed by atoms with Crippen molar-refractivity contribution in [3.8, 4) is 0 Å². The van der Waals surface area contributed by atoms with Crippen molar-refractivity contribution in [3.63, 3.8) is 0 Å². The minimum absolute atomic E-state index is 0.0700. The van der Waals surface area contributed by atoms with Gasteiger partial charge in [-0.2, -0.15) is 0 Å². The molecule has 0 saturated carbocycles. The van der Waals surface area contributed by atoms with Gasteiger partial charge in [-0.1, -0.05) is 31.6 Å². The topological polar surface area (TPSA) is 96.4 Å². The molecule has 3 fully saturated rings. The van der Waals surface area contributed by atoms with Gasteiger partial charge in [-0.3, -0.25) is 14.4 Å². The van der Waals surface area contributed by atoms with Crippen LogP contribution in [0.25, 0.3) is 0 Å². The second-order valence-corrected chi connectivity index (χ2v) is 9.52. The molecule has 0 aromatic heterocycles. The Morgan fingerprint density at radius 2 is 2.00 bits per heavy atom. The van der Waals surface area contributed by atoms with Crippen molar-refractivity contribution >= 4 is 17.8 Å². The van der Waals surface area contributed by atoms with E-state index in [1.807, 2.05) is 13.8 Å². The highest BCUT2D eigenvalue weighted by molar-refractivity contribution is 5.98. The van der Waals surface area contributed by atoms with Crippen LogP contribution in [0, 0.1) is 11.8 Å². The summed E-state index contributed by atoms with van der Waals surface area (Å²) in [4.78, 5) is 43.9. The number of hydrogen-bond acceptors (Lipinski definition) is 6. The van der Waals surface area contributed by atoms with E-state index in [1.165, 1.54) is 6.08 Å². The number of carbonyl (C=O) groups excluding carboxylic acids is 3. The van der Waals surface area contributed by atoms with Gasteiger partial charge in [-0.05, 0) is 39.5 Å². The number of ether oxygens (including phenoxy) is 2. The highest BCUT2D eigenvalue weighted by Crippen LogP contribution is 2.58. The largest absolute Gasteiger partial charge is 0.461 e. The van der Waals surface area contributed by atoms with E-state index < -0.39 is 35.6 Å². The van der Waals surface area contributed by atoms with Gasteiger partial charge in [0.2, 0.25) is 11.8 Å². The molecule has 184 valence electrons. The first-order valence-electron chi connectivity index (χ1n) is 12.1. The quantitative estimate of drug-likeness (QED) is 0.256. The fourth-order valence-electron chi connectivity index (χ4n) is 5.78. The van der Waals surface area contributed by atoms with Crippen LogP contribution in [0.3, 0.4) is 0 Å². The zero-order valence-electron chi connectivity index (χ0n) is 19.9. The van der Waals surface area contributed by atoms with Gasteiger partial charge < -0.3 is 24.4 Å². The highest BCUT2D eigenvalue weighted by atomic mass is 16.6. The first-order chi connectivity index (χ1) is 15.8. The molecule has 3 aliphatic rings. The Bertz CT molecular complexity index is 768. The average Bonchev–Trinajstić information content (AvgIpc) is 3.42. The normalized spacial score (nSPS) is 29.9. The molecule has 3 rings (SSSR count). The summed E-state index contributed by atoms with van der Waals surface area (Å²) >= 11 is 0. The van der Waals surface area contributed by atoms with E-state index in [4.69, 9.17) is 14.6 Å². The Kier molecular flexibility index (Phi) is 8.34. The molecule has 3 heterocycles. The lowest BCUT2D eigenvalue weighted by Gasteiger charge is -2.38. The summed E-state index contributed by atoms with van der Waals surface area (Å²) in [6, 6.07) is -0.836. The minimum Gasteiger partial charge on any atom is -0.461 e. The molecule has 33 heavy (non-hydrogen) atoms. The van der Waals surface area contributed by atoms with Gasteiger partial charge in [0.1, 0.15) is 18.2 Å². The van der Waals surface area contributed by atoms with E-state index in [9.17, 15) is 14.4 Å². The molecule has 1 N–H and O–H groups in total. The van der Waals surface area contributed by atoms with E-state index in [0.717, 1.165) is 19.3 Å². The molecule has 8 nitrogen and oxygen atoms in total. The first-order valence-corrected chi connectivity index (χ1v) is 12.1. The molecule has 2 amide bonds.